The number of nitrogens with zero attached hydrogens (tertiary/aromatic N) is 1. The van der Waals surface area contributed by atoms with Crippen molar-refractivity contribution in [2.75, 3.05) is 32.5 Å². The van der Waals surface area contributed by atoms with E-state index in [2.05, 4.69) is 9.62 Å². The van der Waals surface area contributed by atoms with Gasteiger partial charge in [-0.3, -0.25) is 0 Å². The van der Waals surface area contributed by atoms with Gasteiger partial charge < -0.3 is 15.4 Å². The van der Waals surface area contributed by atoms with Gasteiger partial charge in [-0.25, -0.2) is 13.1 Å². The fraction of sp³-hybridized carbons (Fsp3) is 0.917. The van der Waals surface area contributed by atoms with E-state index >= 15 is 0 Å². The van der Waals surface area contributed by atoms with Gasteiger partial charge in [0.2, 0.25) is 10.0 Å². The van der Waals surface area contributed by atoms with Crippen molar-refractivity contribution in [3.63, 3.8) is 0 Å². The molecule has 20 heavy (non-hydrogen) atoms. The average molecular weight is 323 g/mol. The molecule has 8 heteroatoms. The van der Waals surface area contributed by atoms with Crippen LogP contribution in [0.3, 0.4) is 0 Å². The molecule has 1 heterocycles. The highest BCUT2D eigenvalue weighted by Crippen LogP contribution is 2.23. The molecule has 0 aromatic carbocycles. The van der Waals surface area contributed by atoms with E-state index in [4.69, 9.17) is 22.7 Å². The first-order valence-corrected chi connectivity index (χ1v) is 8.85. The van der Waals surface area contributed by atoms with Crippen LogP contribution in [0.25, 0.3) is 0 Å². The molecule has 0 spiro atoms. The maximum atomic E-state index is 12.2. The van der Waals surface area contributed by atoms with E-state index < -0.39 is 15.6 Å². The Kier molecular flexibility index (Phi) is 6.33. The maximum Gasteiger partial charge on any atom is 0.214 e. The first-order chi connectivity index (χ1) is 9.17. The molecule has 1 fully saturated rings. The van der Waals surface area contributed by atoms with Crippen molar-refractivity contribution in [3.05, 3.63) is 0 Å². The SMILES string of the molecule is CC(C)OCCS(=O)(=O)NC1(C(N)=S)CCN(C)CC1. The molecule has 0 saturated carbocycles. The Morgan fingerprint density at radius 2 is 2.00 bits per heavy atom. The first kappa shape index (κ1) is 17.8. The third-order valence-electron chi connectivity index (χ3n) is 3.47. The lowest BCUT2D eigenvalue weighted by atomic mass is 9.89. The van der Waals surface area contributed by atoms with E-state index in [0.717, 1.165) is 13.1 Å². The van der Waals surface area contributed by atoms with Crippen LogP contribution >= 0.6 is 12.2 Å². The molecular formula is C12H25N3O3S2. The summed E-state index contributed by atoms with van der Waals surface area (Å²) in [5, 5.41) is 0. The number of sulfonamides is 1. The predicted octanol–water partition coefficient (Wildman–Crippen LogP) is 0.0813. The van der Waals surface area contributed by atoms with Crippen molar-refractivity contribution >= 4 is 27.2 Å². The summed E-state index contributed by atoms with van der Waals surface area (Å²) >= 11 is 5.09. The standard InChI is InChI=1S/C12H25N3O3S2/c1-10(2)18-8-9-20(16,17)14-12(11(13)19)4-6-15(3)7-5-12/h10,14H,4-9H2,1-3H3,(H2,13,19). The van der Waals surface area contributed by atoms with Crippen molar-refractivity contribution < 1.29 is 13.2 Å². The fourth-order valence-corrected chi connectivity index (χ4v) is 3.79. The Labute approximate surface area is 127 Å². The maximum absolute atomic E-state index is 12.2. The highest BCUT2D eigenvalue weighted by Gasteiger charge is 2.39. The third-order valence-corrected chi connectivity index (χ3v) is 5.26. The van der Waals surface area contributed by atoms with Crippen molar-refractivity contribution in [1.29, 1.82) is 0 Å². The summed E-state index contributed by atoms with van der Waals surface area (Å²) in [5.74, 6) is -0.0780. The molecule has 1 rings (SSSR count). The Morgan fingerprint density at radius 3 is 2.45 bits per heavy atom. The van der Waals surface area contributed by atoms with Crippen LogP contribution in [-0.4, -0.2) is 62.4 Å². The average Bonchev–Trinajstić information content (AvgIpc) is 2.31. The molecule has 0 atom stereocenters. The molecular weight excluding hydrogens is 298 g/mol. The molecule has 1 aliphatic rings. The van der Waals surface area contributed by atoms with E-state index in [9.17, 15) is 8.42 Å². The molecule has 0 amide bonds. The summed E-state index contributed by atoms with van der Waals surface area (Å²) in [6.45, 7) is 5.44. The second-order valence-corrected chi connectivity index (χ2v) is 7.87. The smallest absolute Gasteiger partial charge is 0.214 e. The Morgan fingerprint density at radius 1 is 1.45 bits per heavy atom. The normalized spacial score (nSPS) is 20.2. The first-order valence-electron chi connectivity index (χ1n) is 6.78. The summed E-state index contributed by atoms with van der Waals surface area (Å²) in [7, 11) is -1.46. The van der Waals surface area contributed by atoms with Crippen LogP contribution in [-0.2, 0) is 14.8 Å². The Bertz CT molecular complexity index is 429. The van der Waals surface area contributed by atoms with Crippen LogP contribution in [0.2, 0.25) is 0 Å². The van der Waals surface area contributed by atoms with Crippen molar-refractivity contribution in [1.82, 2.24) is 9.62 Å². The number of hydrogen-bond acceptors (Lipinski definition) is 5. The van der Waals surface area contributed by atoms with E-state index in [1.165, 1.54) is 0 Å². The lowest BCUT2D eigenvalue weighted by Gasteiger charge is -2.40. The summed E-state index contributed by atoms with van der Waals surface area (Å²) in [5.41, 5.74) is 4.99. The van der Waals surface area contributed by atoms with Crippen LogP contribution in [0.5, 0.6) is 0 Å². The van der Waals surface area contributed by atoms with Gasteiger partial charge in [-0.05, 0) is 33.7 Å². The molecule has 1 saturated heterocycles. The number of nitrogens with two attached hydrogens (primary N) is 1. The number of likely N-dealkylation sites (tertiary alicyclic amines) is 1. The van der Waals surface area contributed by atoms with E-state index in [-0.39, 0.29) is 23.5 Å². The lowest BCUT2D eigenvalue weighted by Crippen LogP contribution is -2.61. The second-order valence-electron chi connectivity index (χ2n) is 5.59. The lowest BCUT2D eigenvalue weighted by molar-refractivity contribution is 0.0910. The molecule has 0 unspecified atom stereocenters. The number of nitrogens with one attached hydrogen (secondary N) is 1. The summed E-state index contributed by atoms with van der Waals surface area (Å²) in [6, 6.07) is 0. The minimum absolute atomic E-state index is 0.0121. The third kappa shape index (κ3) is 5.25. The van der Waals surface area contributed by atoms with Crippen molar-refractivity contribution in [2.45, 2.75) is 38.3 Å². The molecule has 3 N–H and O–H groups in total. The van der Waals surface area contributed by atoms with Crippen molar-refractivity contribution in [2.24, 2.45) is 5.73 Å². The monoisotopic (exact) mass is 323 g/mol. The van der Waals surface area contributed by atoms with Gasteiger partial charge in [0.05, 0.1) is 29.0 Å². The highest BCUT2D eigenvalue weighted by atomic mass is 32.2. The Hall–Kier alpha value is -0.280. The predicted molar refractivity (Wildman–Crippen MR) is 84.3 cm³/mol. The van der Waals surface area contributed by atoms with E-state index in [1.54, 1.807) is 0 Å². The van der Waals surface area contributed by atoms with Gasteiger partial charge in [0.15, 0.2) is 0 Å². The van der Waals surface area contributed by atoms with Crippen LogP contribution in [0.15, 0.2) is 0 Å². The van der Waals surface area contributed by atoms with Gasteiger partial charge in [0.1, 0.15) is 0 Å². The summed E-state index contributed by atoms with van der Waals surface area (Å²) < 4.78 is 32.3. The number of ether oxygens (including phenoxy) is 1. The number of hydrogen-bond donors (Lipinski definition) is 2. The topological polar surface area (TPSA) is 84.7 Å². The second kappa shape index (κ2) is 7.13. The highest BCUT2D eigenvalue weighted by molar-refractivity contribution is 7.89. The van der Waals surface area contributed by atoms with Crippen LogP contribution < -0.4 is 10.5 Å². The number of rotatable bonds is 7. The molecule has 0 aromatic rings. The zero-order chi connectivity index (χ0) is 15.4. The van der Waals surface area contributed by atoms with Crippen LogP contribution in [0, 0.1) is 0 Å². The molecule has 118 valence electrons. The Balaban J connectivity index is 2.68. The zero-order valence-electron chi connectivity index (χ0n) is 12.4. The molecule has 1 aliphatic heterocycles. The molecule has 0 aromatic heterocycles. The molecule has 0 aliphatic carbocycles. The van der Waals surface area contributed by atoms with Gasteiger partial charge >= 0.3 is 0 Å². The molecule has 0 bridgehead atoms. The number of thiocarbonyl (C=S) groups is 1. The zero-order valence-corrected chi connectivity index (χ0v) is 14.0. The molecule has 0 radical (unpaired) electrons. The van der Waals surface area contributed by atoms with Gasteiger partial charge in [-0.2, -0.15) is 0 Å². The van der Waals surface area contributed by atoms with E-state index in [0.29, 0.717) is 12.8 Å². The summed E-state index contributed by atoms with van der Waals surface area (Å²) in [6.07, 6.45) is 1.21. The van der Waals surface area contributed by atoms with Crippen LogP contribution in [0.4, 0.5) is 0 Å². The largest absolute Gasteiger partial charge is 0.392 e. The molecule has 6 nitrogen and oxygen atoms in total. The van der Waals surface area contributed by atoms with E-state index in [1.807, 2.05) is 20.9 Å². The van der Waals surface area contributed by atoms with Crippen LogP contribution in [0.1, 0.15) is 26.7 Å². The van der Waals surface area contributed by atoms with Gasteiger partial charge in [-0.1, -0.05) is 12.2 Å². The van der Waals surface area contributed by atoms with Gasteiger partial charge in [0.25, 0.3) is 0 Å². The number of piperidine rings is 1. The van der Waals surface area contributed by atoms with Gasteiger partial charge in [0, 0.05) is 13.1 Å². The minimum Gasteiger partial charge on any atom is -0.392 e. The quantitative estimate of drug-likeness (QED) is 0.646. The van der Waals surface area contributed by atoms with Gasteiger partial charge in [-0.15, -0.1) is 0 Å². The fourth-order valence-electron chi connectivity index (χ4n) is 2.14. The van der Waals surface area contributed by atoms with Crippen molar-refractivity contribution in [3.8, 4) is 0 Å². The summed E-state index contributed by atoms with van der Waals surface area (Å²) in [4.78, 5) is 2.35. The minimum atomic E-state index is -3.46.